The van der Waals surface area contributed by atoms with Gasteiger partial charge in [-0.15, -0.1) is 13.2 Å². The van der Waals surface area contributed by atoms with Crippen LogP contribution in [0, 0.1) is 6.92 Å². The molecule has 0 fully saturated rings. The third kappa shape index (κ3) is 5.06. The van der Waals surface area contributed by atoms with E-state index in [1.807, 2.05) is 19.1 Å². The van der Waals surface area contributed by atoms with E-state index in [1.54, 1.807) is 42.6 Å². The number of ether oxygens (including phenoxy) is 1. The van der Waals surface area contributed by atoms with Gasteiger partial charge >= 0.3 is 6.36 Å². The van der Waals surface area contributed by atoms with Crippen molar-refractivity contribution in [3.05, 3.63) is 106 Å². The SMILES string of the molecule is Cc1ccccc1C(=O)Nc1cccc2c(=O)n(Cc3ccc(OC(F)(F)F)cc3)ccc12. The molecule has 0 radical (unpaired) electrons. The number of anilines is 1. The number of rotatable bonds is 5. The van der Waals surface area contributed by atoms with E-state index in [4.69, 9.17) is 0 Å². The summed E-state index contributed by atoms with van der Waals surface area (Å²) < 4.78 is 42.3. The quantitative estimate of drug-likeness (QED) is 0.435. The van der Waals surface area contributed by atoms with E-state index in [0.717, 1.165) is 5.56 Å². The highest BCUT2D eigenvalue weighted by molar-refractivity contribution is 6.09. The highest BCUT2D eigenvalue weighted by Gasteiger charge is 2.30. The van der Waals surface area contributed by atoms with Gasteiger partial charge in [-0.2, -0.15) is 0 Å². The second-order valence-corrected chi connectivity index (χ2v) is 7.48. The number of aromatic nitrogens is 1. The Balaban J connectivity index is 1.59. The minimum atomic E-state index is -4.76. The molecule has 0 atom stereocenters. The van der Waals surface area contributed by atoms with Crippen molar-refractivity contribution in [2.75, 3.05) is 5.32 Å². The molecule has 168 valence electrons. The molecule has 1 aromatic heterocycles. The molecular formula is C25H19F3N2O3. The standard InChI is InChI=1S/C25H19F3N2O3/c1-16-5-2-3-6-19(16)23(31)29-22-8-4-7-21-20(22)13-14-30(24(21)32)15-17-9-11-18(12-10-17)33-25(26,27)28/h2-14H,15H2,1H3,(H,29,31). The molecule has 0 spiro atoms. The van der Waals surface area contributed by atoms with Crippen LogP contribution in [0.4, 0.5) is 18.9 Å². The maximum atomic E-state index is 13.0. The molecule has 3 aromatic carbocycles. The van der Waals surface area contributed by atoms with E-state index in [0.29, 0.717) is 27.6 Å². The topological polar surface area (TPSA) is 60.3 Å². The van der Waals surface area contributed by atoms with Gasteiger partial charge in [-0.1, -0.05) is 36.4 Å². The van der Waals surface area contributed by atoms with E-state index in [2.05, 4.69) is 10.1 Å². The molecule has 0 saturated heterocycles. The fourth-order valence-corrected chi connectivity index (χ4v) is 3.56. The van der Waals surface area contributed by atoms with Crippen molar-refractivity contribution in [1.82, 2.24) is 4.57 Å². The molecule has 8 heteroatoms. The van der Waals surface area contributed by atoms with Gasteiger partial charge in [-0.3, -0.25) is 9.59 Å². The van der Waals surface area contributed by atoms with Crippen molar-refractivity contribution in [3.8, 4) is 5.75 Å². The number of pyridine rings is 1. The largest absolute Gasteiger partial charge is 0.573 e. The number of carbonyl (C=O) groups is 1. The van der Waals surface area contributed by atoms with Crippen LogP contribution in [0.1, 0.15) is 21.5 Å². The predicted octanol–water partition coefficient (Wildman–Crippen LogP) is 5.51. The number of alkyl halides is 3. The van der Waals surface area contributed by atoms with Gasteiger partial charge in [-0.05, 0) is 54.4 Å². The van der Waals surface area contributed by atoms with Crippen LogP contribution in [0.25, 0.3) is 10.8 Å². The maximum Gasteiger partial charge on any atom is 0.573 e. The number of hydrogen-bond donors (Lipinski definition) is 1. The Morgan fingerprint density at radius 2 is 1.67 bits per heavy atom. The Hall–Kier alpha value is -4.07. The van der Waals surface area contributed by atoms with E-state index >= 15 is 0 Å². The summed E-state index contributed by atoms with van der Waals surface area (Å²) in [5.41, 5.74) is 2.24. The van der Waals surface area contributed by atoms with Gasteiger partial charge in [0.15, 0.2) is 0 Å². The zero-order chi connectivity index (χ0) is 23.6. The van der Waals surface area contributed by atoms with Gasteiger partial charge in [-0.25, -0.2) is 0 Å². The van der Waals surface area contributed by atoms with Crippen molar-refractivity contribution >= 4 is 22.4 Å². The van der Waals surface area contributed by atoms with Crippen LogP contribution in [-0.2, 0) is 6.54 Å². The van der Waals surface area contributed by atoms with Crippen LogP contribution in [0.3, 0.4) is 0 Å². The van der Waals surface area contributed by atoms with Crippen LogP contribution in [0.15, 0.2) is 83.8 Å². The zero-order valence-electron chi connectivity index (χ0n) is 17.5. The summed E-state index contributed by atoms with van der Waals surface area (Å²) in [4.78, 5) is 25.7. The molecular weight excluding hydrogens is 433 g/mol. The van der Waals surface area contributed by atoms with Crippen molar-refractivity contribution in [2.24, 2.45) is 0 Å². The summed E-state index contributed by atoms with van der Waals surface area (Å²) in [6.45, 7) is 2.01. The molecule has 5 nitrogen and oxygen atoms in total. The summed E-state index contributed by atoms with van der Waals surface area (Å²) in [5, 5.41) is 3.88. The first-order chi connectivity index (χ1) is 15.7. The number of aryl methyl sites for hydroxylation is 1. The molecule has 0 bridgehead atoms. The lowest BCUT2D eigenvalue weighted by Gasteiger charge is -2.13. The molecule has 33 heavy (non-hydrogen) atoms. The molecule has 0 aliphatic carbocycles. The number of hydrogen-bond acceptors (Lipinski definition) is 3. The second kappa shape index (κ2) is 8.82. The molecule has 0 saturated carbocycles. The monoisotopic (exact) mass is 452 g/mol. The minimum Gasteiger partial charge on any atom is -0.406 e. The highest BCUT2D eigenvalue weighted by atomic mass is 19.4. The lowest BCUT2D eigenvalue weighted by atomic mass is 10.1. The molecule has 4 rings (SSSR count). The van der Waals surface area contributed by atoms with E-state index < -0.39 is 6.36 Å². The average Bonchev–Trinajstić information content (AvgIpc) is 2.76. The zero-order valence-corrected chi connectivity index (χ0v) is 17.5. The molecule has 0 aliphatic heterocycles. The number of fused-ring (bicyclic) bond motifs is 1. The first-order valence-corrected chi connectivity index (χ1v) is 10.0. The number of nitrogens with one attached hydrogen (secondary N) is 1. The summed E-state index contributed by atoms with van der Waals surface area (Å²) in [6.07, 6.45) is -3.17. The lowest BCUT2D eigenvalue weighted by molar-refractivity contribution is -0.274. The third-order valence-corrected chi connectivity index (χ3v) is 5.17. The van der Waals surface area contributed by atoms with Gasteiger partial charge in [0, 0.05) is 28.2 Å². The molecule has 1 amide bonds. The van der Waals surface area contributed by atoms with Gasteiger partial charge < -0.3 is 14.6 Å². The average molecular weight is 452 g/mol. The summed E-state index contributed by atoms with van der Waals surface area (Å²) in [7, 11) is 0. The fourth-order valence-electron chi connectivity index (χ4n) is 3.56. The Labute approximate surface area is 187 Å². The number of amides is 1. The fraction of sp³-hybridized carbons (Fsp3) is 0.120. The predicted molar refractivity (Wildman–Crippen MR) is 120 cm³/mol. The van der Waals surface area contributed by atoms with Gasteiger partial charge in [0.1, 0.15) is 5.75 Å². The van der Waals surface area contributed by atoms with Crippen molar-refractivity contribution in [3.63, 3.8) is 0 Å². The van der Waals surface area contributed by atoms with Gasteiger partial charge in [0.2, 0.25) is 0 Å². The first-order valence-electron chi connectivity index (χ1n) is 10.0. The number of halogens is 3. The lowest BCUT2D eigenvalue weighted by Crippen LogP contribution is -2.21. The number of nitrogens with zero attached hydrogens (tertiary/aromatic N) is 1. The van der Waals surface area contributed by atoms with Crippen molar-refractivity contribution in [2.45, 2.75) is 19.8 Å². The van der Waals surface area contributed by atoms with E-state index in [1.165, 1.54) is 28.8 Å². The van der Waals surface area contributed by atoms with Gasteiger partial charge in [0.05, 0.1) is 6.54 Å². The second-order valence-electron chi connectivity index (χ2n) is 7.48. The number of benzene rings is 3. The maximum absolute atomic E-state index is 13.0. The van der Waals surface area contributed by atoms with Crippen LogP contribution in [-0.4, -0.2) is 16.8 Å². The van der Waals surface area contributed by atoms with Crippen LogP contribution in [0.2, 0.25) is 0 Å². The number of carbonyl (C=O) groups excluding carboxylic acids is 1. The summed E-state index contributed by atoms with van der Waals surface area (Å²) in [5.74, 6) is -0.600. The Morgan fingerprint density at radius 3 is 2.36 bits per heavy atom. The highest BCUT2D eigenvalue weighted by Crippen LogP contribution is 2.24. The van der Waals surface area contributed by atoms with E-state index in [9.17, 15) is 22.8 Å². The summed E-state index contributed by atoms with van der Waals surface area (Å²) >= 11 is 0. The van der Waals surface area contributed by atoms with Crippen LogP contribution >= 0.6 is 0 Å². The van der Waals surface area contributed by atoms with Crippen LogP contribution < -0.4 is 15.6 Å². The Kier molecular flexibility index (Phi) is 5.91. The van der Waals surface area contributed by atoms with Crippen molar-refractivity contribution in [1.29, 1.82) is 0 Å². The van der Waals surface area contributed by atoms with Gasteiger partial charge in [0.25, 0.3) is 11.5 Å². The van der Waals surface area contributed by atoms with Crippen molar-refractivity contribution < 1.29 is 22.7 Å². The molecule has 4 aromatic rings. The Morgan fingerprint density at radius 1 is 0.939 bits per heavy atom. The smallest absolute Gasteiger partial charge is 0.406 e. The first kappa shape index (κ1) is 22.1. The summed E-state index contributed by atoms with van der Waals surface area (Å²) in [6, 6.07) is 19.4. The van der Waals surface area contributed by atoms with Crippen LogP contribution in [0.5, 0.6) is 5.75 Å². The third-order valence-electron chi connectivity index (χ3n) is 5.17. The molecule has 0 aliphatic rings. The molecule has 1 N–H and O–H groups in total. The minimum absolute atomic E-state index is 0.168. The van der Waals surface area contributed by atoms with E-state index in [-0.39, 0.29) is 23.8 Å². The normalized spacial score (nSPS) is 11.4. The molecule has 1 heterocycles. The Bertz CT molecular complexity index is 1380. The molecule has 0 unspecified atom stereocenters.